The second kappa shape index (κ2) is 10.6. The molecule has 0 unspecified atom stereocenters. The third kappa shape index (κ3) is 6.02. The van der Waals surface area contributed by atoms with Gasteiger partial charge in [-0.3, -0.25) is 9.78 Å². The number of pyridine rings is 2. The number of hydrogen-bond donors (Lipinski definition) is 1. The number of ether oxygens (including phenoxy) is 1. The van der Waals surface area contributed by atoms with Gasteiger partial charge in [0.15, 0.2) is 9.84 Å². The largest absolute Gasteiger partial charge is 0.372 e. The average molecular weight is 551 g/mol. The lowest BCUT2D eigenvalue weighted by Gasteiger charge is -2.35. The van der Waals surface area contributed by atoms with Crippen molar-refractivity contribution in [3.8, 4) is 11.4 Å². The predicted molar refractivity (Wildman–Crippen MR) is 143 cm³/mol. The molecule has 12 heteroatoms. The molecule has 2 atom stereocenters. The minimum absolute atomic E-state index is 0.0293. The summed E-state index contributed by atoms with van der Waals surface area (Å²) in [5.74, 6) is -0.838. The van der Waals surface area contributed by atoms with Gasteiger partial charge in [0.2, 0.25) is 5.95 Å². The van der Waals surface area contributed by atoms with Crippen LogP contribution in [0.1, 0.15) is 29.9 Å². The van der Waals surface area contributed by atoms with Crippen LogP contribution in [-0.2, 0) is 21.1 Å². The Kier molecular flexibility index (Phi) is 7.23. The lowest BCUT2D eigenvalue weighted by Crippen LogP contribution is -2.46. The van der Waals surface area contributed by atoms with Gasteiger partial charge >= 0.3 is 0 Å². The van der Waals surface area contributed by atoms with Gasteiger partial charge in [-0.15, -0.1) is 0 Å². The van der Waals surface area contributed by atoms with Crippen LogP contribution in [0.25, 0.3) is 22.3 Å². The van der Waals surface area contributed by atoms with Crippen LogP contribution in [0.3, 0.4) is 0 Å². The van der Waals surface area contributed by atoms with E-state index in [-0.39, 0.29) is 24.3 Å². The van der Waals surface area contributed by atoms with Crippen LogP contribution >= 0.6 is 0 Å². The topological polar surface area (TPSA) is 127 Å². The molecule has 1 saturated heterocycles. The normalized spacial score (nSPS) is 17.8. The quantitative estimate of drug-likeness (QED) is 0.385. The monoisotopic (exact) mass is 550 g/mol. The SMILES string of the molecule is C[C@@H]1CN(c2nccc(-c3ccc4cnc(CNC(=O)c5ccc(F)c(S(C)(=O)=O)c5)cc4n3)n2)C[C@H](C)O1. The smallest absolute Gasteiger partial charge is 0.251 e. The first-order chi connectivity index (χ1) is 18.6. The summed E-state index contributed by atoms with van der Waals surface area (Å²) in [5.41, 5.74) is 2.59. The number of sulfone groups is 1. The van der Waals surface area contributed by atoms with Gasteiger partial charge in [-0.1, -0.05) is 0 Å². The minimum Gasteiger partial charge on any atom is -0.372 e. The van der Waals surface area contributed by atoms with Crippen molar-refractivity contribution in [3.05, 3.63) is 71.9 Å². The van der Waals surface area contributed by atoms with Gasteiger partial charge in [-0.05, 0) is 56.3 Å². The number of fused-ring (bicyclic) bond motifs is 1. The van der Waals surface area contributed by atoms with Crippen molar-refractivity contribution < 1.29 is 22.3 Å². The molecule has 4 heterocycles. The van der Waals surface area contributed by atoms with Crippen molar-refractivity contribution in [3.63, 3.8) is 0 Å². The predicted octanol–water partition coefficient (Wildman–Crippen LogP) is 3.17. The first kappa shape index (κ1) is 26.6. The number of rotatable bonds is 6. The number of nitrogens with one attached hydrogen (secondary N) is 1. The highest BCUT2D eigenvalue weighted by Gasteiger charge is 2.24. The fourth-order valence-electron chi connectivity index (χ4n) is 4.48. The highest BCUT2D eigenvalue weighted by Crippen LogP contribution is 2.23. The van der Waals surface area contributed by atoms with Crippen molar-refractivity contribution in [1.82, 2.24) is 25.3 Å². The van der Waals surface area contributed by atoms with E-state index >= 15 is 0 Å². The first-order valence-electron chi connectivity index (χ1n) is 12.3. The fourth-order valence-corrected chi connectivity index (χ4v) is 5.25. The molecule has 10 nitrogen and oxygen atoms in total. The number of carbonyl (C=O) groups is 1. The highest BCUT2D eigenvalue weighted by atomic mass is 32.2. The van der Waals surface area contributed by atoms with E-state index < -0.39 is 26.5 Å². The minimum atomic E-state index is -3.82. The van der Waals surface area contributed by atoms with E-state index in [4.69, 9.17) is 14.7 Å². The second-order valence-electron chi connectivity index (χ2n) is 9.57. The van der Waals surface area contributed by atoms with Crippen LogP contribution in [0.2, 0.25) is 0 Å². The number of aromatic nitrogens is 4. The zero-order valence-electron chi connectivity index (χ0n) is 21.6. The molecule has 5 rings (SSSR count). The number of amides is 1. The Morgan fingerprint density at radius 3 is 2.54 bits per heavy atom. The zero-order chi connectivity index (χ0) is 27.7. The maximum Gasteiger partial charge on any atom is 0.251 e. The number of halogens is 1. The molecule has 0 aliphatic carbocycles. The lowest BCUT2D eigenvalue weighted by molar-refractivity contribution is -0.00571. The molecular formula is C27H27FN6O4S. The van der Waals surface area contributed by atoms with E-state index in [1.807, 2.05) is 26.0 Å². The van der Waals surface area contributed by atoms with E-state index in [0.29, 0.717) is 41.6 Å². The van der Waals surface area contributed by atoms with Crippen molar-refractivity contribution >= 4 is 32.6 Å². The molecule has 4 aromatic rings. The number of benzene rings is 1. The molecule has 39 heavy (non-hydrogen) atoms. The average Bonchev–Trinajstić information content (AvgIpc) is 2.90. The van der Waals surface area contributed by atoms with E-state index in [0.717, 1.165) is 23.8 Å². The van der Waals surface area contributed by atoms with Gasteiger partial charge in [0.1, 0.15) is 10.7 Å². The molecule has 1 aliphatic rings. The highest BCUT2D eigenvalue weighted by molar-refractivity contribution is 7.90. The van der Waals surface area contributed by atoms with Crippen LogP contribution in [0, 0.1) is 5.82 Å². The molecule has 0 saturated carbocycles. The Balaban J connectivity index is 1.34. The summed E-state index contributed by atoms with van der Waals surface area (Å²) in [7, 11) is -3.82. The zero-order valence-corrected chi connectivity index (χ0v) is 22.4. The van der Waals surface area contributed by atoms with Gasteiger partial charge < -0.3 is 15.0 Å². The molecule has 1 aliphatic heterocycles. The van der Waals surface area contributed by atoms with Gasteiger partial charge in [0.25, 0.3) is 5.91 Å². The second-order valence-corrected chi connectivity index (χ2v) is 11.6. The molecule has 202 valence electrons. The molecule has 0 spiro atoms. The molecule has 1 fully saturated rings. The van der Waals surface area contributed by atoms with Gasteiger partial charge in [-0.2, -0.15) is 0 Å². The molecule has 1 N–H and O–H groups in total. The van der Waals surface area contributed by atoms with E-state index in [1.165, 1.54) is 6.07 Å². The first-order valence-corrected chi connectivity index (χ1v) is 14.2. The summed E-state index contributed by atoms with van der Waals surface area (Å²) in [6, 6.07) is 10.6. The Bertz CT molecular complexity index is 1660. The summed E-state index contributed by atoms with van der Waals surface area (Å²) in [5, 5.41) is 3.51. The van der Waals surface area contributed by atoms with Gasteiger partial charge in [0, 0.05) is 42.7 Å². The van der Waals surface area contributed by atoms with Crippen molar-refractivity contribution in [1.29, 1.82) is 0 Å². The number of morpholine rings is 1. The van der Waals surface area contributed by atoms with Crippen LogP contribution in [0.15, 0.2) is 59.8 Å². The molecule has 3 aromatic heterocycles. The number of nitrogens with zero attached hydrogens (tertiary/aromatic N) is 5. The summed E-state index contributed by atoms with van der Waals surface area (Å²) in [6.07, 6.45) is 4.42. The van der Waals surface area contributed by atoms with Crippen LogP contribution in [0.4, 0.5) is 10.3 Å². The molecule has 1 aromatic carbocycles. The Hall–Kier alpha value is -4.03. The number of carbonyl (C=O) groups excluding carboxylic acids is 1. The Morgan fingerprint density at radius 2 is 1.79 bits per heavy atom. The van der Waals surface area contributed by atoms with Gasteiger partial charge in [0.05, 0.1) is 41.4 Å². The van der Waals surface area contributed by atoms with Crippen LogP contribution in [0.5, 0.6) is 0 Å². The summed E-state index contributed by atoms with van der Waals surface area (Å²) in [6.45, 7) is 5.52. The van der Waals surface area contributed by atoms with Crippen LogP contribution in [-0.4, -0.2) is 65.8 Å². The third-order valence-electron chi connectivity index (χ3n) is 6.26. The van der Waals surface area contributed by atoms with E-state index in [9.17, 15) is 17.6 Å². The molecule has 0 radical (unpaired) electrons. The molecular weight excluding hydrogens is 523 g/mol. The summed E-state index contributed by atoms with van der Waals surface area (Å²) >= 11 is 0. The van der Waals surface area contributed by atoms with Crippen LogP contribution < -0.4 is 10.2 Å². The van der Waals surface area contributed by atoms with Crippen molar-refractivity contribution in [2.75, 3.05) is 24.2 Å². The number of hydrogen-bond acceptors (Lipinski definition) is 9. The maximum absolute atomic E-state index is 13.9. The molecule has 1 amide bonds. The van der Waals surface area contributed by atoms with Gasteiger partial charge in [-0.25, -0.2) is 27.8 Å². The Labute approximate surface area is 225 Å². The van der Waals surface area contributed by atoms with Crippen molar-refractivity contribution in [2.24, 2.45) is 0 Å². The Morgan fingerprint density at radius 1 is 1.05 bits per heavy atom. The molecule has 0 bridgehead atoms. The summed E-state index contributed by atoms with van der Waals surface area (Å²) < 4.78 is 43.3. The number of anilines is 1. The lowest BCUT2D eigenvalue weighted by atomic mass is 10.2. The fraction of sp³-hybridized carbons (Fsp3) is 0.296. The maximum atomic E-state index is 13.9. The summed E-state index contributed by atoms with van der Waals surface area (Å²) in [4.78, 5) is 32.5. The standard InChI is InChI=1S/C27H27FN6O4S/c1-16-14-34(15-17(2)38-16)27-29-9-8-23(33-27)22-7-5-19-12-30-20(11-24(19)32-22)13-31-26(35)18-4-6-21(28)25(10-18)39(3,36)37/h4-12,16-17H,13-15H2,1-3H3,(H,31,35)/t16-,17+. The van der Waals surface area contributed by atoms with E-state index in [1.54, 1.807) is 24.5 Å². The van der Waals surface area contributed by atoms with E-state index in [2.05, 4.69) is 20.2 Å². The van der Waals surface area contributed by atoms with Crippen molar-refractivity contribution in [2.45, 2.75) is 37.5 Å². The third-order valence-corrected chi connectivity index (χ3v) is 7.37.